The first-order valence-corrected chi connectivity index (χ1v) is 2.77. The molecule has 0 spiro atoms. The van der Waals surface area contributed by atoms with Crippen LogP contribution in [0.1, 0.15) is 6.92 Å². The lowest BCUT2D eigenvalue weighted by atomic mass is 10.2. The molecule has 0 atom stereocenters. The fourth-order valence-electron chi connectivity index (χ4n) is 0.680. The summed E-state index contributed by atoms with van der Waals surface area (Å²) in [6.45, 7) is 8.49. The lowest BCUT2D eigenvalue weighted by Crippen LogP contribution is -1.70. The minimum absolute atomic E-state index is 0.764. The fraction of sp³-hybridized carbons (Fsp3) is 0.125. The van der Waals surface area contributed by atoms with Crippen LogP contribution >= 0.6 is 0 Å². The Hall–Kier alpha value is -1.29. The first-order valence-electron chi connectivity index (χ1n) is 2.77. The van der Waals surface area contributed by atoms with Crippen molar-refractivity contribution in [3.8, 4) is 0 Å². The molecule has 0 radical (unpaired) electrons. The molecule has 0 aromatic heterocycles. The number of hydrogen-bond donors (Lipinski definition) is 0. The molecule has 0 saturated carbocycles. The number of rotatable bonds is 0. The van der Waals surface area contributed by atoms with Gasteiger partial charge in [-0.1, -0.05) is 24.3 Å². The molecule has 0 bridgehead atoms. The van der Waals surface area contributed by atoms with Crippen molar-refractivity contribution in [3.05, 3.63) is 47.0 Å². The van der Waals surface area contributed by atoms with E-state index >= 15 is 0 Å². The Morgan fingerprint density at radius 2 is 2.00 bits per heavy atom. The topological polar surface area (TPSA) is 4.36 Å². The average molecular weight is 117 g/mol. The highest BCUT2D eigenvalue weighted by Crippen LogP contribution is 2.12. The minimum atomic E-state index is 0.764. The molecule has 9 heavy (non-hydrogen) atoms. The predicted molar refractivity (Wildman–Crippen MR) is 37.6 cm³/mol. The van der Waals surface area contributed by atoms with E-state index in [1.807, 2.05) is 31.2 Å². The van der Waals surface area contributed by atoms with Crippen molar-refractivity contribution in [1.82, 2.24) is 0 Å². The molecule has 1 nitrogen and oxygen atoms in total. The molecule has 0 saturated heterocycles. The van der Waals surface area contributed by atoms with Crippen LogP contribution in [0.5, 0.6) is 0 Å². The molecular weight excluding hydrogens is 110 g/mol. The van der Waals surface area contributed by atoms with Crippen molar-refractivity contribution in [1.29, 1.82) is 0 Å². The van der Waals surface area contributed by atoms with Gasteiger partial charge in [0.2, 0.25) is 0 Å². The Morgan fingerprint density at radius 3 is 2.44 bits per heavy atom. The molecule has 44 valence electrons. The summed E-state index contributed by atoms with van der Waals surface area (Å²) in [5.41, 5.74) is 1.80. The fourth-order valence-corrected chi connectivity index (χ4v) is 0.680. The normalized spacial score (nSPS) is 14.0. The standard InChI is InChI=1S/C8H7N/c1-7(9-2)8-5-3-4-6-8/h3-6H,1H3. The lowest BCUT2D eigenvalue weighted by Gasteiger charge is -1.87. The van der Waals surface area contributed by atoms with Gasteiger partial charge in [-0.05, 0) is 12.5 Å². The molecule has 1 heteroatoms. The second kappa shape index (κ2) is 2.32. The van der Waals surface area contributed by atoms with Crippen LogP contribution in [0.3, 0.4) is 0 Å². The lowest BCUT2D eigenvalue weighted by molar-refractivity contribution is 1.46. The Balaban J connectivity index is 2.98. The van der Waals surface area contributed by atoms with E-state index in [-0.39, 0.29) is 0 Å². The molecule has 0 N–H and O–H groups in total. The molecule has 0 aliphatic heterocycles. The monoisotopic (exact) mass is 117 g/mol. The SMILES string of the molecule is [C-]#[N+]C(C)=C1C=CC=C1. The molecule has 0 amide bonds. The molecule has 0 fully saturated rings. The van der Waals surface area contributed by atoms with E-state index in [2.05, 4.69) is 4.85 Å². The third kappa shape index (κ3) is 1.09. The van der Waals surface area contributed by atoms with Crippen LogP contribution in [0, 0.1) is 6.57 Å². The molecule has 0 heterocycles. The minimum Gasteiger partial charge on any atom is -0.242 e. The summed E-state index contributed by atoms with van der Waals surface area (Å²) in [5.74, 6) is 0. The van der Waals surface area contributed by atoms with E-state index in [4.69, 9.17) is 6.57 Å². The maximum absolute atomic E-state index is 6.67. The van der Waals surface area contributed by atoms with Crippen LogP contribution in [-0.4, -0.2) is 0 Å². The molecule has 1 rings (SSSR count). The van der Waals surface area contributed by atoms with Crippen molar-refractivity contribution in [2.45, 2.75) is 6.92 Å². The Labute approximate surface area is 54.8 Å². The zero-order valence-electron chi connectivity index (χ0n) is 5.26. The highest BCUT2D eigenvalue weighted by molar-refractivity contribution is 5.44. The van der Waals surface area contributed by atoms with E-state index in [9.17, 15) is 0 Å². The maximum atomic E-state index is 6.67. The smallest absolute Gasteiger partial charge is 0.169 e. The van der Waals surface area contributed by atoms with Crippen LogP contribution in [0.25, 0.3) is 4.85 Å². The molecule has 1 aliphatic carbocycles. The van der Waals surface area contributed by atoms with E-state index in [0.717, 1.165) is 11.3 Å². The van der Waals surface area contributed by atoms with Crippen LogP contribution in [-0.2, 0) is 0 Å². The van der Waals surface area contributed by atoms with E-state index in [1.54, 1.807) is 0 Å². The Morgan fingerprint density at radius 1 is 1.44 bits per heavy atom. The summed E-state index contributed by atoms with van der Waals surface area (Å²) in [5, 5.41) is 0. The maximum Gasteiger partial charge on any atom is 0.169 e. The average Bonchev–Trinajstić information content (AvgIpc) is 2.37. The van der Waals surface area contributed by atoms with Crippen molar-refractivity contribution in [2.75, 3.05) is 0 Å². The van der Waals surface area contributed by atoms with Crippen LogP contribution < -0.4 is 0 Å². The molecule has 0 aromatic rings. The zero-order valence-corrected chi connectivity index (χ0v) is 5.26. The molecule has 0 unspecified atom stereocenters. The molecular formula is C8H7N. The first kappa shape index (κ1) is 5.84. The van der Waals surface area contributed by atoms with Crippen molar-refractivity contribution < 1.29 is 0 Å². The van der Waals surface area contributed by atoms with Gasteiger partial charge < -0.3 is 0 Å². The van der Waals surface area contributed by atoms with Gasteiger partial charge in [0.25, 0.3) is 0 Å². The number of allylic oxidation sites excluding steroid dienone is 6. The summed E-state index contributed by atoms with van der Waals surface area (Å²) in [6, 6.07) is 0. The third-order valence-electron chi connectivity index (χ3n) is 1.25. The van der Waals surface area contributed by atoms with Gasteiger partial charge in [-0.3, -0.25) is 0 Å². The molecule has 1 aliphatic rings. The van der Waals surface area contributed by atoms with Gasteiger partial charge in [-0.2, -0.15) is 0 Å². The summed E-state index contributed by atoms with van der Waals surface area (Å²) >= 11 is 0. The zero-order chi connectivity index (χ0) is 6.69. The Kier molecular flexibility index (Phi) is 1.51. The highest BCUT2D eigenvalue weighted by atomic mass is 14.6. The summed E-state index contributed by atoms with van der Waals surface area (Å²) in [6.07, 6.45) is 7.74. The van der Waals surface area contributed by atoms with Gasteiger partial charge in [-0.15, -0.1) is 0 Å². The van der Waals surface area contributed by atoms with Gasteiger partial charge in [0.05, 0.1) is 6.57 Å². The summed E-state index contributed by atoms with van der Waals surface area (Å²) in [4.78, 5) is 3.30. The van der Waals surface area contributed by atoms with Crippen LogP contribution in [0.15, 0.2) is 35.6 Å². The van der Waals surface area contributed by atoms with Gasteiger partial charge in [0.1, 0.15) is 0 Å². The first-order chi connectivity index (χ1) is 4.34. The van der Waals surface area contributed by atoms with Crippen molar-refractivity contribution in [3.63, 3.8) is 0 Å². The van der Waals surface area contributed by atoms with Crippen LogP contribution in [0.4, 0.5) is 0 Å². The Bertz CT molecular complexity index is 222. The van der Waals surface area contributed by atoms with E-state index in [0.29, 0.717) is 0 Å². The van der Waals surface area contributed by atoms with Gasteiger partial charge in [-0.25, -0.2) is 4.85 Å². The van der Waals surface area contributed by atoms with Crippen LogP contribution in [0.2, 0.25) is 0 Å². The van der Waals surface area contributed by atoms with E-state index < -0.39 is 0 Å². The van der Waals surface area contributed by atoms with Gasteiger partial charge >= 0.3 is 0 Å². The van der Waals surface area contributed by atoms with Gasteiger partial charge in [0, 0.05) is 0 Å². The second-order valence-corrected chi connectivity index (χ2v) is 1.87. The van der Waals surface area contributed by atoms with E-state index in [1.165, 1.54) is 0 Å². The second-order valence-electron chi connectivity index (χ2n) is 1.87. The highest BCUT2D eigenvalue weighted by Gasteiger charge is 1.95. The summed E-state index contributed by atoms with van der Waals surface area (Å²) in [7, 11) is 0. The van der Waals surface area contributed by atoms with Crippen molar-refractivity contribution in [2.24, 2.45) is 0 Å². The quantitative estimate of drug-likeness (QED) is 0.429. The van der Waals surface area contributed by atoms with Gasteiger partial charge in [0.15, 0.2) is 5.70 Å². The largest absolute Gasteiger partial charge is 0.242 e. The van der Waals surface area contributed by atoms with Crippen molar-refractivity contribution >= 4 is 0 Å². The predicted octanol–water partition coefficient (Wildman–Crippen LogP) is 2.31. The number of hydrogen-bond acceptors (Lipinski definition) is 0. The third-order valence-corrected chi connectivity index (χ3v) is 1.25. The molecule has 0 aromatic carbocycles. The summed E-state index contributed by atoms with van der Waals surface area (Å²) < 4.78 is 0. The number of nitrogens with zero attached hydrogens (tertiary/aromatic N) is 1.